The number of sulfonamides is 1. The molecule has 0 saturated carbocycles. The molecule has 4 aromatic carbocycles. The van der Waals surface area contributed by atoms with Crippen LogP contribution in [0.5, 0.6) is 0 Å². The van der Waals surface area contributed by atoms with E-state index in [0.717, 1.165) is 77.2 Å². The lowest BCUT2D eigenvalue weighted by Gasteiger charge is -2.32. The zero-order chi connectivity index (χ0) is 37.2. The van der Waals surface area contributed by atoms with E-state index in [1.807, 2.05) is 76.5 Å². The molecule has 0 bridgehead atoms. The van der Waals surface area contributed by atoms with Gasteiger partial charge in [0.05, 0.1) is 11.3 Å². The minimum absolute atomic E-state index is 0.00276. The van der Waals surface area contributed by atoms with E-state index in [2.05, 4.69) is 27.3 Å². The van der Waals surface area contributed by atoms with E-state index in [1.54, 1.807) is 12.1 Å². The number of rotatable bonds is 14. The molecule has 0 unspecified atom stereocenters. The van der Waals surface area contributed by atoms with Crippen LogP contribution in [0, 0.1) is 11.8 Å². The number of carbonyl (C=O) groups excluding carboxylic acids is 2. The highest BCUT2D eigenvalue weighted by atomic mass is 79.9. The van der Waals surface area contributed by atoms with Crippen LogP contribution < -0.4 is 10.5 Å². The van der Waals surface area contributed by atoms with Gasteiger partial charge in [0.2, 0.25) is 15.9 Å². The average Bonchev–Trinajstić information content (AvgIpc) is 3.18. The molecule has 53 heavy (non-hydrogen) atoms. The second-order valence-corrected chi connectivity index (χ2v) is 17.2. The lowest BCUT2D eigenvalue weighted by molar-refractivity contribution is -0.131. The van der Waals surface area contributed by atoms with Crippen LogP contribution in [0.1, 0.15) is 72.0 Å². The number of amides is 2. The molecule has 4 aromatic rings. The van der Waals surface area contributed by atoms with Gasteiger partial charge in [0.15, 0.2) is 0 Å². The molecule has 280 valence electrons. The largest absolute Gasteiger partial charge is 0.339 e. The number of benzene rings is 4. The summed E-state index contributed by atoms with van der Waals surface area (Å²) in [5, 5.41) is 8.74. The number of nitrogens with one attached hydrogen (secondary N) is 1. The van der Waals surface area contributed by atoms with Gasteiger partial charge in [-0.25, -0.2) is 13.6 Å². The van der Waals surface area contributed by atoms with Crippen LogP contribution in [0.4, 0.5) is 0 Å². The van der Waals surface area contributed by atoms with Crippen LogP contribution in [0.15, 0.2) is 106 Å². The van der Waals surface area contributed by atoms with Gasteiger partial charge in [0, 0.05) is 36.2 Å². The third-order valence-corrected chi connectivity index (χ3v) is 12.3. The second kappa shape index (κ2) is 18.5. The monoisotopic (exact) mass is 798 g/mol. The summed E-state index contributed by atoms with van der Waals surface area (Å²) in [4.78, 5) is 31.3. The van der Waals surface area contributed by atoms with Gasteiger partial charge in [0.25, 0.3) is 5.91 Å². The first-order chi connectivity index (χ1) is 25.6. The molecule has 2 aliphatic rings. The first kappa shape index (κ1) is 38.9. The molecular formula is C43H51BrN4O4S. The van der Waals surface area contributed by atoms with Gasteiger partial charge >= 0.3 is 0 Å². The Morgan fingerprint density at radius 2 is 1.40 bits per heavy atom. The Morgan fingerprint density at radius 3 is 2.08 bits per heavy atom. The second-order valence-electron chi connectivity index (χ2n) is 14.7. The number of hydrogen-bond acceptors (Lipinski definition) is 5. The normalized spacial score (nSPS) is 15.7. The summed E-state index contributed by atoms with van der Waals surface area (Å²) in [6, 6.07) is 30.3. The fraction of sp³-hybridized carbons (Fsp3) is 0.395. The maximum Gasteiger partial charge on any atom is 0.253 e. The number of nitrogens with two attached hydrogens (primary N) is 1. The van der Waals surface area contributed by atoms with Crippen LogP contribution in [0.3, 0.4) is 0 Å². The van der Waals surface area contributed by atoms with E-state index >= 15 is 0 Å². The Balaban J connectivity index is 1.09. The van der Waals surface area contributed by atoms with E-state index < -0.39 is 10.0 Å². The minimum atomic E-state index is -3.78. The summed E-state index contributed by atoms with van der Waals surface area (Å²) in [6.07, 6.45) is 9.52. The Kier molecular flexibility index (Phi) is 13.6. The van der Waals surface area contributed by atoms with Crippen LogP contribution >= 0.6 is 15.9 Å². The molecule has 2 amide bonds. The topological polar surface area (TPSA) is 113 Å². The zero-order valence-electron chi connectivity index (χ0n) is 30.4. The Hall–Kier alpha value is -3.83. The van der Waals surface area contributed by atoms with Gasteiger partial charge in [-0.3, -0.25) is 9.59 Å². The highest BCUT2D eigenvalue weighted by Gasteiger charge is 2.24. The molecule has 2 heterocycles. The maximum atomic E-state index is 13.7. The Morgan fingerprint density at radius 1 is 0.774 bits per heavy atom. The number of likely N-dealkylation sites (tertiary alicyclic amines) is 1. The van der Waals surface area contributed by atoms with Crippen molar-refractivity contribution in [1.82, 2.24) is 15.1 Å². The maximum absolute atomic E-state index is 13.7. The minimum Gasteiger partial charge on any atom is -0.339 e. The van der Waals surface area contributed by atoms with Gasteiger partial charge in [-0.2, -0.15) is 0 Å². The first-order valence-corrected chi connectivity index (χ1v) is 21.3. The quantitative estimate of drug-likeness (QED) is 0.137. The molecule has 0 atom stereocenters. The molecule has 0 aliphatic carbocycles. The van der Waals surface area contributed by atoms with Crippen molar-refractivity contribution in [3.63, 3.8) is 0 Å². The fourth-order valence-electron chi connectivity index (χ4n) is 7.66. The third kappa shape index (κ3) is 11.3. The first-order valence-electron chi connectivity index (χ1n) is 18.9. The summed E-state index contributed by atoms with van der Waals surface area (Å²) in [5.74, 6) is 1.69. The number of primary sulfonamides is 1. The molecule has 2 fully saturated rings. The van der Waals surface area contributed by atoms with Crippen molar-refractivity contribution in [1.29, 1.82) is 0 Å². The molecule has 2 saturated heterocycles. The molecule has 0 spiro atoms. The lowest BCUT2D eigenvalue weighted by Crippen LogP contribution is -2.38. The number of carbonyl (C=O) groups is 2. The van der Waals surface area contributed by atoms with Gasteiger partial charge in [0.1, 0.15) is 0 Å². The predicted molar refractivity (Wildman–Crippen MR) is 215 cm³/mol. The van der Waals surface area contributed by atoms with E-state index in [4.69, 9.17) is 5.14 Å². The molecule has 10 heteroatoms. The zero-order valence-corrected chi connectivity index (χ0v) is 32.8. The Labute approximate surface area is 323 Å². The van der Waals surface area contributed by atoms with Gasteiger partial charge in [-0.15, -0.1) is 0 Å². The number of halogens is 1. The summed E-state index contributed by atoms with van der Waals surface area (Å²) >= 11 is 3.47. The van der Waals surface area contributed by atoms with Crippen molar-refractivity contribution in [2.24, 2.45) is 17.0 Å². The van der Waals surface area contributed by atoms with Crippen molar-refractivity contribution in [3.05, 3.63) is 124 Å². The molecule has 3 N–H and O–H groups in total. The van der Waals surface area contributed by atoms with Crippen molar-refractivity contribution in [2.75, 3.05) is 32.7 Å². The Bertz CT molecular complexity index is 1940. The smallest absolute Gasteiger partial charge is 0.253 e. The van der Waals surface area contributed by atoms with Crippen LogP contribution in [-0.4, -0.2) is 62.8 Å². The molecule has 6 rings (SSSR count). The van der Waals surface area contributed by atoms with Crippen molar-refractivity contribution < 1.29 is 18.0 Å². The van der Waals surface area contributed by atoms with Crippen molar-refractivity contribution in [3.8, 4) is 11.1 Å². The number of nitrogens with zero attached hydrogens (tertiary/aromatic N) is 2. The third-order valence-electron chi connectivity index (χ3n) is 10.9. The van der Waals surface area contributed by atoms with Crippen LogP contribution in [-0.2, 0) is 34.2 Å². The number of piperidine rings is 2. The van der Waals surface area contributed by atoms with E-state index in [0.29, 0.717) is 31.0 Å². The summed E-state index contributed by atoms with van der Waals surface area (Å²) in [7, 11) is -3.78. The van der Waals surface area contributed by atoms with Gasteiger partial charge in [-0.1, -0.05) is 89.8 Å². The highest BCUT2D eigenvalue weighted by molar-refractivity contribution is 9.10. The van der Waals surface area contributed by atoms with E-state index in [9.17, 15) is 18.0 Å². The summed E-state index contributed by atoms with van der Waals surface area (Å²) in [5.41, 5.74) is 5.47. The van der Waals surface area contributed by atoms with Crippen molar-refractivity contribution >= 4 is 37.8 Å². The van der Waals surface area contributed by atoms with Crippen LogP contribution in [0.25, 0.3) is 11.1 Å². The predicted octanol–water partition coefficient (Wildman–Crippen LogP) is 7.60. The summed E-state index contributed by atoms with van der Waals surface area (Å²) < 4.78 is 24.4. The molecule has 0 aromatic heterocycles. The highest BCUT2D eigenvalue weighted by Crippen LogP contribution is 2.28. The fourth-order valence-corrected chi connectivity index (χ4v) is 8.44. The molecular weight excluding hydrogens is 748 g/mol. The SMILES string of the molecule is NS(=O)(=O)c1ccc(CCN(Cc2cccc(-c3cccc(C(=O)N4CCC(CCCC5CCNCC5)CC4)c3)c2)C(=O)Cc2ccc(Br)cc2)cc1. The van der Waals surface area contributed by atoms with Gasteiger partial charge < -0.3 is 15.1 Å². The lowest BCUT2D eigenvalue weighted by atomic mass is 9.87. The molecule has 8 nitrogen and oxygen atoms in total. The summed E-state index contributed by atoms with van der Waals surface area (Å²) in [6.45, 7) is 4.82. The van der Waals surface area contributed by atoms with Crippen LogP contribution in [0.2, 0.25) is 0 Å². The molecule has 0 radical (unpaired) electrons. The standard InChI is InChI=1S/C43H51BrN4O4S/c44-40-14-10-35(11-15-40)29-42(49)48(27-22-34-12-16-41(17-13-34)53(45,51)52)31-36-6-2-7-37(28-36)38-8-3-9-39(30-38)43(50)47-25-20-33(21-26-47)5-1-4-32-18-23-46-24-19-32/h2-3,6-17,28,30,32-33,46H,1,4-5,18-27,29,31H2,(H2,45,51,52). The van der Waals surface area contributed by atoms with E-state index in [1.165, 1.54) is 44.2 Å². The number of hydrogen-bond donors (Lipinski definition) is 2. The van der Waals surface area contributed by atoms with Gasteiger partial charge in [-0.05, 0) is 127 Å². The molecule has 2 aliphatic heterocycles. The average molecular weight is 800 g/mol. The van der Waals surface area contributed by atoms with E-state index in [-0.39, 0.29) is 23.1 Å². The van der Waals surface area contributed by atoms with Crippen molar-refractivity contribution in [2.45, 2.75) is 69.2 Å².